The van der Waals surface area contributed by atoms with Gasteiger partial charge in [-0.05, 0) is 30.4 Å². The molecule has 1 amide bonds. The second-order valence-corrected chi connectivity index (χ2v) is 5.66. The van der Waals surface area contributed by atoms with E-state index in [0.29, 0.717) is 11.1 Å². The summed E-state index contributed by atoms with van der Waals surface area (Å²) in [7, 11) is 1.81. The molecule has 1 aliphatic heterocycles. The van der Waals surface area contributed by atoms with Crippen molar-refractivity contribution in [2.45, 2.75) is 39.5 Å². The molecule has 0 unspecified atom stereocenters. The molecule has 1 aliphatic rings. The van der Waals surface area contributed by atoms with Crippen molar-refractivity contribution in [3.8, 4) is 0 Å². The van der Waals surface area contributed by atoms with Gasteiger partial charge in [0.25, 0.3) is 5.91 Å². The van der Waals surface area contributed by atoms with Gasteiger partial charge in [0.05, 0.1) is 0 Å². The number of carbonyl (C=O) groups is 1. The molecule has 110 valence electrons. The van der Waals surface area contributed by atoms with Crippen LogP contribution in [0.1, 0.15) is 50.0 Å². The van der Waals surface area contributed by atoms with Crippen LogP contribution in [0.25, 0.3) is 0 Å². The number of nitrogens with one attached hydrogen (secondary N) is 1. The molecule has 20 heavy (non-hydrogen) atoms. The van der Waals surface area contributed by atoms with Crippen molar-refractivity contribution in [2.75, 3.05) is 25.5 Å². The van der Waals surface area contributed by atoms with E-state index in [0.717, 1.165) is 31.7 Å². The molecule has 4 nitrogen and oxygen atoms in total. The van der Waals surface area contributed by atoms with Gasteiger partial charge in [-0.3, -0.25) is 4.79 Å². The summed E-state index contributed by atoms with van der Waals surface area (Å²) < 4.78 is 0. The van der Waals surface area contributed by atoms with E-state index in [9.17, 15) is 4.79 Å². The molecule has 2 rings (SSSR count). The third-order valence-corrected chi connectivity index (χ3v) is 4.84. The van der Waals surface area contributed by atoms with Gasteiger partial charge in [-0.15, -0.1) is 0 Å². The van der Waals surface area contributed by atoms with E-state index in [4.69, 9.17) is 0 Å². The number of hydrogen-bond donors (Lipinski definition) is 1. The summed E-state index contributed by atoms with van der Waals surface area (Å²) >= 11 is 0. The summed E-state index contributed by atoms with van der Waals surface area (Å²) in [6, 6.07) is 5.54. The van der Waals surface area contributed by atoms with Gasteiger partial charge in [-0.25, -0.2) is 4.98 Å². The Morgan fingerprint density at radius 2 is 1.95 bits per heavy atom. The zero-order valence-corrected chi connectivity index (χ0v) is 12.8. The molecule has 1 fully saturated rings. The minimum absolute atomic E-state index is 0.0582. The molecule has 0 aliphatic carbocycles. The van der Waals surface area contributed by atoms with Crippen LogP contribution in [0.3, 0.4) is 0 Å². The van der Waals surface area contributed by atoms with Gasteiger partial charge in [0.2, 0.25) is 0 Å². The number of nitrogens with zero attached hydrogens (tertiary/aromatic N) is 2. The van der Waals surface area contributed by atoms with Crippen LogP contribution in [0.5, 0.6) is 0 Å². The molecule has 1 N–H and O–H groups in total. The molecule has 1 aromatic heterocycles. The van der Waals surface area contributed by atoms with Crippen LogP contribution in [-0.2, 0) is 0 Å². The molecule has 0 aromatic carbocycles. The topological polar surface area (TPSA) is 45.2 Å². The first-order chi connectivity index (χ1) is 9.64. The molecule has 0 atom stereocenters. The van der Waals surface area contributed by atoms with Gasteiger partial charge in [0.15, 0.2) is 0 Å². The Morgan fingerprint density at radius 1 is 1.30 bits per heavy atom. The summed E-state index contributed by atoms with van der Waals surface area (Å²) in [6.07, 6.45) is 4.63. The lowest BCUT2D eigenvalue weighted by molar-refractivity contribution is 0.0552. The van der Waals surface area contributed by atoms with E-state index in [1.807, 2.05) is 24.1 Å². The van der Waals surface area contributed by atoms with E-state index in [2.05, 4.69) is 24.1 Å². The summed E-state index contributed by atoms with van der Waals surface area (Å²) in [6.45, 7) is 6.23. The molecule has 0 saturated carbocycles. The smallest absolute Gasteiger partial charge is 0.272 e. The van der Waals surface area contributed by atoms with E-state index >= 15 is 0 Å². The highest BCUT2D eigenvalue weighted by atomic mass is 16.2. The maximum absolute atomic E-state index is 12.5. The molecule has 4 heteroatoms. The van der Waals surface area contributed by atoms with Gasteiger partial charge >= 0.3 is 0 Å². The zero-order valence-electron chi connectivity index (χ0n) is 12.8. The molecule has 1 aromatic rings. The molecule has 0 bridgehead atoms. The fourth-order valence-corrected chi connectivity index (χ4v) is 3.00. The van der Waals surface area contributed by atoms with E-state index in [1.54, 1.807) is 6.07 Å². The first kappa shape index (κ1) is 14.8. The number of rotatable bonds is 4. The Hall–Kier alpha value is -1.58. The summed E-state index contributed by atoms with van der Waals surface area (Å²) in [5.74, 6) is 0.798. The Morgan fingerprint density at radius 3 is 2.50 bits per heavy atom. The van der Waals surface area contributed by atoms with E-state index < -0.39 is 0 Å². The SMILES string of the molecule is CCC1(CC)CCN(C(=O)c2cccc(NC)n2)CC1. The summed E-state index contributed by atoms with van der Waals surface area (Å²) in [4.78, 5) is 18.8. The van der Waals surface area contributed by atoms with E-state index in [1.165, 1.54) is 12.8 Å². The maximum atomic E-state index is 12.5. The molecule has 2 heterocycles. The largest absolute Gasteiger partial charge is 0.373 e. The minimum atomic E-state index is 0.0582. The van der Waals surface area contributed by atoms with Crippen LogP contribution in [0.15, 0.2) is 18.2 Å². The molecule has 1 saturated heterocycles. The Bertz CT molecular complexity index is 459. The zero-order chi connectivity index (χ0) is 14.6. The number of amides is 1. The lowest BCUT2D eigenvalue weighted by atomic mass is 9.74. The molecular formula is C16H25N3O. The maximum Gasteiger partial charge on any atom is 0.272 e. The van der Waals surface area contributed by atoms with Crippen molar-refractivity contribution in [1.29, 1.82) is 0 Å². The number of hydrogen-bond acceptors (Lipinski definition) is 3. The van der Waals surface area contributed by atoms with Crippen LogP contribution < -0.4 is 5.32 Å². The normalized spacial score (nSPS) is 17.9. The predicted molar refractivity (Wildman–Crippen MR) is 81.9 cm³/mol. The van der Waals surface area contributed by atoms with Crippen LogP contribution >= 0.6 is 0 Å². The predicted octanol–water partition coefficient (Wildman–Crippen LogP) is 3.17. The van der Waals surface area contributed by atoms with Crippen LogP contribution in [0, 0.1) is 5.41 Å². The highest BCUT2D eigenvalue weighted by molar-refractivity contribution is 5.92. The molecule has 0 radical (unpaired) electrons. The highest BCUT2D eigenvalue weighted by Gasteiger charge is 2.33. The fraction of sp³-hybridized carbons (Fsp3) is 0.625. The van der Waals surface area contributed by atoms with Crippen LogP contribution in [0.2, 0.25) is 0 Å². The van der Waals surface area contributed by atoms with Crippen molar-refractivity contribution in [3.05, 3.63) is 23.9 Å². The highest BCUT2D eigenvalue weighted by Crippen LogP contribution is 2.38. The molecule has 0 spiro atoms. The van der Waals surface area contributed by atoms with Crippen molar-refractivity contribution in [3.63, 3.8) is 0 Å². The quantitative estimate of drug-likeness (QED) is 0.918. The first-order valence-electron chi connectivity index (χ1n) is 7.58. The molecular weight excluding hydrogens is 250 g/mol. The lowest BCUT2D eigenvalue weighted by Crippen LogP contribution is -2.43. The Labute approximate surface area is 121 Å². The van der Waals surface area contributed by atoms with E-state index in [-0.39, 0.29) is 5.91 Å². The number of likely N-dealkylation sites (tertiary alicyclic amines) is 1. The lowest BCUT2D eigenvalue weighted by Gasteiger charge is -2.40. The Kier molecular flexibility index (Phi) is 4.63. The van der Waals surface area contributed by atoms with Gasteiger partial charge in [-0.1, -0.05) is 32.8 Å². The summed E-state index contributed by atoms with van der Waals surface area (Å²) in [5, 5.41) is 2.97. The monoisotopic (exact) mass is 275 g/mol. The minimum Gasteiger partial charge on any atom is -0.373 e. The number of aromatic nitrogens is 1. The van der Waals surface area contributed by atoms with Gasteiger partial charge in [0.1, 0.15) is 11.5 Å². The van der Waals surface area contributed by atoms with Crippen LogP contribution in [-0.4, -0.2) is 35.9 Å². The Balaban J connectivity index is 2.04. The number of carbonyl (C=O) groups excluding carboxylic acids is 1. The third-order valence-electron chi connectivity index (χ3n) is 4.84. The number of pyridine rings is 1. The standard InChI is InChI=1S/C16H25N3O/c1-4-16(5-2)9-11-19(12-10-16)15(20)13-7-6-8-14(17-3)18-13/h6-8H,4-5,9-12H2,1-3H3,(H,17,18). The average molecular weight is 275 g/mol. The second-order valence-electron chi connectivity index (χ2n) is 5.66. The first-order valence-corrected chi connectivity index (χ1v) is 7.58. The second kappa shape index (κ2) is 6.25. The van der Waals surface area contributed by atoms with Crippen molar-refractivity contribution < 1.29 is 4.79 Å². The number of piperidine rings is 1. The van der Waals surface area contributed by atoms with Gasteiger partial charge in [0, 0.05) is 20.1 Å². The van der Waals surface area contributed by atoms with Crippen molar-refractivity contribution in [1.82, 2.24) is 9.88 Å². The van der Waals surface area contributed by atoms with Gasteiger partial charge < -0.3 is 10.2 Å². The van der Waals surface area contributed by atoms with Crippen LogP contribution in [0.4, 0.5) is 5.82 Å². The van der Waals surface area contributed by atoms with Crippen molar-refractivity contribution in [2.24, 2.45) is 5.41 Å². The van der Waals surface area contributed by atoms with Gasteiger partial charge in [-0.2, -0.15) is 0 Å². The average Bonchev–Trinajstić information content (AvgIpc) is 2.54. The van der Waals surface area contributed by atoms with Crippen molar-refractivity contribution >= 4 is 11.7 Å². The fourth-order valence-electron chi connectivity index (χ4n) is 3.00. The summed E-state index contributed by atoms with van der Waals surface area (Å²) in [5.41, 5.74) is 0.981. The number of anilines is 1. The third kappa shape index (κ3) is 2.94.